The number of carbonyl (C=O) groups is 3. The van der Waals surface area contributed by atoms with Crippen LogP contribution in [-0.4, -0.2) is 39.2 Å². The normalized spacial score (nSPS) is 11.7. The third-order valence-corrected chi connectivity index (χ3v) is 2.76. The number of carboxylic acid groups (broad SMARTS) is 2. The molecule has 0 unspecified atom stereocenters. The molecule has 0 fully saturated rings. The summed E-state index contributed by atoms with van der Waals surface area (Å²) in [7, 11) is 0. The predicted octanol–water partition coefficient (Wildman–Crippen LogP) is 1.09. The number of nitrogens with one attached hydrogen (secondary N) is 1. The zero-order valence-electron chi connectivity index (χ0n) is 10.2. The minimum absolute atomic E-state index is 0.0462. The molecule has 4 N–H and O–H groups in total. The summed E-state index contributed by atoms with van der Waals surface area (Å²) in [5.41, 5.74) is 0.0642. The lowest BCUT2D eigenvalue weighted by Gasteiger charge is -2.13. The molecule has 0 aliphatic carbocycles. The molecule has 0 saturated heterocycles. The van der Waals surface area contributed by atoms with Crippen molar-refractivity contribution in [3.63, 3.8) is 0 Å². The highest BCUT2D eigenvalue weighted by atomic mass is 35.5. The van der Waals surface area contributed by atoms with Gasteiger partial charge in [-0.3, -0.25) is 9.59 Å². The Morgan fingerprint density at radius 3 is 2.40 bits per heavy atom. The molecule has 1 aromatic carbocycles. The molecule has 0 aromatic heterocycles. The molecule has 0 spiro atoms. The maximum Gasteiger partial charge on any atom is 0.326 e. The fourth-order valence-electron chi connectivity index (χ4n) is 1.41. The molecule has 7 nitrogen and oxygen atoms in total. The van der Waals surface area contributed by atoms with Crippen molar-refractivity contribution < 1.29 is 29.7 Å². The van der Waals surface area contributed by atoms with Crippen molar-refractivity contribution in [3.05, 3.63) is 28.8 Å². The number of aromatic hydroxyl groups is 1. The lowest BCUT2D eigenvalue weighted by atomic mass is 10.1. The molecule has 0 aliphatic rings. The average molecular weight is 302 g/mol. The molecule has 1 rings (SSSR count). The van der Waals surface area contributed by atoms with Gasteiger partial charge in [0, 0.05) is 12.0 Å². The number of halogens is 1. The third-order valence-electron chi connectivity index (χ3n) is 2.46. The second-order valence-corrected chi connectivity index (χ2v) is 4.37. The first kappa shape index (κ1) is 15.8. The van der Waals surface area contributed by atoms with Gasteiger partial charge in [0.1, 0.15) is 11.8 Å². The van der Waals surface area contributed by atoms with Crippen LogP contribution < -0.4 is 5.32 Å². The maximum absolute atomic E-state index is 11.8. The number of phenols is 1. The van der Waals surface area contributed by atoms with Gasteiger partial charge in [0.15, 0.2) is 0 Å². The van der Waals surface area contributed by atoms with E-state index in [9.17, 15) is 19.5 Å². The van der Waals surface area contributed by atoms with Crippen LogP contribution >= 0.6 is 11.6 Å². The average Bonchev–Trinajstić information content (AvgIpc) is 2.36. The number of hydrogen-bond donors (Lipinski definition) is 4. The van der Waals surface area contributed by atoms with E-state index in [1.807, 2.05) is 0 Å². The van der Waals surface area contributed by atoms with Crippen LogP contribution in [0, 0.1) is 0 Å². The highest BCUT2D eigenvalue weighted by Crippen LogP contribution is 2.23. The van der Waals surface area contributed by atoms with Crippen LogP contribution in [0.25, 0.3) is 0 Å². The zero-order valence-corrected chi connectivity index (χ0v) is 10.9. The first-order valence-electron chi connectivity index (χ1n) is 5.55. The van der Waals surface area contributed by atoms with E-state index in [0.717, 1.165) is 0 Å². The van der Waals surface area contributed by atoms with E-state index in [0.29, 0.717) is 0 Å². The highest BCUT2D eigenvalue weighted by Gasteiger charge is 2.21. The van der Waals surface area contributed by atoms with Crippen LogP contribution in [-0.2, 0) is 9.59 Å². The molecular weight excluding hydrogens is 290 g/mol. The number of rotatable bonds is 6. The van der Waals surface area contributed by atoms with Crippen molar-refractivity contribution in [2.24, 2.45) is 0 Å². The van der Waals surface area contributed by atoms with Crippen molar-refractivity contribution in [1.82, 2.24) is 5.32 Å². The fraction of sp³-hybridized carbons (Fsp3) is 0.250. The Kier molecular flexibility index (Phi) is 5.33. The van der Waals surface area contributed by atoms with Gasteiger partial charge in [-0.2, -0.15) is 0 Å². The molecule has 0 bridgehead atoms. The van der Waals surface area contributed by atoms with Gasteiger partial charge in [-0.05, 0) is 24.6 Å². The first-order valence-corrected chi connectivity index (χ1v) is 5.93. The van der Waals surface area contributed by atoms with Crippen LogP contribution in [0.1, 0.15) is 23.2 Å². The number of phenolic OH excluding ortho intramolecular Hbond substituents is 1. The summed E-state index contributed by atoms with van der Waals surface area (Å²) in [6.07, 6.45) is -0.615. The molecule has 0 radical (unpaired) electrons. The Hall–Kier alpha value is -2.28. The van der Waals surface area contributed by atoms with Gasteiger partial charge in [-0.15, -0.1) is 0 Å². The molecule has 1 aromatic rings. The zero-order chi connectivity index (χ0) is 15.3. The van der Waals surface area contributed by atoms with Crippen LogP contribution in [0.4, 0.5) is 0 Å². The lowest BCUT2D eigenvalue weighted by Crippen LogP contribution is -2.41. The predicted molar refractivity (Wildman–Crippen MR) is 68.9 cm³/mol. The minimum Gasteiger partial charge on any atom is -0.506 e. The molecule has 0 heterocycles. The largest absolute Gasteiger partial charge is 0.506 e. The quantitative estimate of drug-likeness (QED) is 0.623. The van der Waals surface area contributed by atoms with E-state index < -0.39 is 23.9 Å². The molecule has 0 aliphatic heterocycles. The third kappa shape index (κ3) is 4.43. The number of amides is 1. The second kappa shape index (κ2) is 6.76. The number of aliphatic carboxylic acids is 2. The molecule has 108 valence electrons. The minimum atomic E-state index is -1.33. The molecular formula is C12H12ClNO6. The van der Waals surface area contributed by atoms with Gasteiger partial charge in [0.2, 0.25) is 0 Å². The Balaban J connectivity index is 2.77. The van der Waals surface area contributed by atoms with Crippen LogP contribution in [0.15, 0.2) is 18.2 Å². The van der Waals surface area contributed by atoms with Gasteiger partial charge in [0.25, 0.3) is 5.91 Å². The van der Waals surface area contributed by atoms with Crippen LogP contribution in [0.3, 0.4) is 0 Å². The monoisotopic (exact) mass is 301 g/mol. The summed E-state index contributed by atoms with van der Waals surface area (Å²) in [5, 5.41) is 28.8. The number of carbonyl (C=O) groups excluding carboxylic acids is 1. The van der Waals surface area contributed by atoms with Crippen molar-refractivity contribution >= 4 is 29.4 Å². The van der Waals surface area contributed by atoms with E-state index in [-0.39, 0.29) is 29.2 Å². The summed E-state index contributed by atoms with van der Waals surface area (Å²) < 4.78 is 0. The molecule has 1 atom stereocenters. The Labute approximate surface area is 118 Å². The van der Waals surface area contributed by atoms with E-state index in [1.165, 1.54) is 18.2 Å². The maximum atomic E-state index is 11.8. The van der Waals surface area contributed by atoms with Crippen molar-refractivity contribution in [2.45, 2.75) is 18.9 Å². The number of benzene rings is 1. The standard InChI is InChI=1S/C12H12ClNO6/c13-7-5-6(1-3-9(7)15)11(18)14-8(12(19)20)2-4-10(16)17/h1,3,5,8,15H,2,4H2,(H,14,18)(H,16,17)(H,19,20)/t8-/m0/s1. The highest BCUT2D eigenvalue weighted by molar-refractivity contribution is 6.32. The van der Waals surface area contributed by atoms with Gasteiger partial charge >= 0.3 is 11.9 Å². The molecule has 1 amide bonds. The summed E-state index contributed by atoms with van der Waals surface area (Å²) >= 11 is 5.64. The topological polar surface area (TPSA) is 124 Å². The summed E-state index contributed by atoms with van der Waals surface area (Å²) in [4.78, 5) is 33.1. The molecule has 20 heavy (non-hydrogen) atoms. The number of hydrogen-bond acceptors (Lipinski definition) is 4. The van der Waals surface area contributed by atoms with Crippen molar-refractivity contribution in [3.8, 4) is 5.75 Å². The van der Waals surface area contributed by atoms with Crippen molar-refractivity contribution in [1.29, 1.82) is 0 Å². The van der Waals surface area contributed by atoms with Gasteiger partial charge in [0.05, 0.1) is 5.02 Å². The summed E-state index contributed by atoms with van der Waals surface area (Å²) in [5.74, 6) is -3.41. The van der Waals surface area contributed by atoms with Gasteiger partial charge in [-0.25, -0.2) is 4.79 Å². The summed E-state index contributed by atoms with van der Waals surface area (Å²) in [6, 6.07) is 2.34. The SMILES string of the molecule is O=C(O)CC[C@H](NC(=O)c1ccc(O)c(Cl)c1)C(=O)O. The second-order valence-electron chi connectivity index (χ2n) is 3.96. The summed E-state index contributed by atoms with van der Waals surface area (Å²) in [6.45, 7) is 0. The lowest BCUT2D eigenvalue weighted by molar-refractivity contribution is -0.140. The Bertz CT molecular complexity index is 545. The first-order chi connectivity index (χ1) is 9.31. The molecule has 0 saturated carbocycles. The van der Waals surface area contributed by atoms with E-state index in [1.54, 1.807) is 0 Å². The van der Waals surface area contributed by atoms with Crippen molar-refractivity contribution in [2.75, 3.05) is 0 Å². The van der Waals surface area contributed by atoms with Gasteiger partial charge in [-0.1, -0.05) is 11.6 Å². The fourth-order valence-corrected chi connectivity index (χ4v) is 1.60. The van der Waals surface area contributed by atoms with E-state index >= 15 is 0 Å². The smallest absolute Gasteiger partial charge is 0.326 e. The molecule has 8 heteroatoms. The Morgan fingerprint density at radius 2 is 1.90 bits per heavy atom. The van der Waals surface area contributed by atoms with Crippen LogP contribution in [0.2, 0.25) is 5.02 Å². The van der Waals surface area contributed by atoms with Crippen LogP contribution in [0.5, 0.6) is 5.75 Å². The van der Waals surface area contributed by atoms with E-state index in [2.05, 4.69) is 5.32 Å². The Morgan fingerprint density at radius 1 is 1.25 bits per heavy atom. The number of carboxylic acids is 2. The van der Waals surface area contributed by atoms with E-state index in [4.69, 9.17) is 21.8 Å². The van der Waals surface area contributed by atoms with Gasteiger partial charge < -0.3 is 20.6 Å².